The van der Waals surface area contributed by atoms with Crippen molar-refractivity contribution in [1.29, 1.82) is 0 Å². The molecule has 94 valence electrons. The maximum atomic E-state index is 12.5. The summed E-state index contributed by atoms with van der Waals surface area (Å²) in [6.45, 7) is 2.12. The molecule has 1 atom stereocenters. The van der Waals surface area contributed by atoms with Crippen molar-refractivity contribution in [2.24, 2.45) is 5.92 Å². The first kappa shape index (κ1) is 13.7. The van der Waals surface area contributed by atoms with Gasteiger partial charge in [0.2, 0.25) is 0 Å². The van der Waals surface area contributed by atoms with E-state index in [0.29, 0.717) is 6.54 Å². The molecule has 0 spiro atoms. The van der Waals surface area contributed by atoms with Crippen LogP contribution in [0.2, 0.25) is 0 Å². The Kier molecular flexibility index (Phi) is 4.28. The Hall–Kier alpha value is -1.36. The van der Waals surface area contributed by atoms with Gasteiger partial charge in [-0.3, -0.25) is 4.79 Å². The van der Waals surface area contributed by atoms with E-state index < -0.39 is 11.7 Å². The smallest absolute Gasteiger partial charge is 0.319 e. The first-order chi connectivity index (χ1) is 7.86. The minimum absolute atomic E-state index is 0.0996. The van der Waals surface area contributed by atoms with Crippen molar-refractivity contribution < 1.29 is 18.0 Å². The number of hydrogen-bond donors (Lipinski definition) is 1. The van der Waals surface area contributed by atoms with Crippen LogP contribution in [-0.4, -0.2) is 19.4 Å². The Bertz CT molecular complexity index is 401. The third-order valence-corrected chi connectivity index (χ3v) is 2.43. The van der Waals surface area contributed by atoms with Crippen molar-refractivity contribution in [2.45, 2.75) is 13.1 Å². The molecule has 1 unspecified atom stereocenters. The van der Waals surface area contributed by atoms with Crippen LogP contribution >= 0.6 is 0 Å². The molecule has 1 aromatic rings. The van der Waals surface area contributed by atoms with Gasteiger partial charge in [-0.1, -0.05) is 19.1 Å². The van der Waals surface area contributed by atoms with Gasteiger partial charge in [0.1, 0.15) is 0 Å². The third-order valence-electron chi connectivity index (χ3n) is 2.43. The van der Waals surface area contributed by atoms with E-state index in [4.69, 9.17) is 0 Å². The van der Waals surface area contributed by atoms with E-state index in [0.717, 1.165) is 12.1 Å². The Labute approximate surface area is 97.8 Å². The van der Waals surface area contributed by atoms with Crippen molar-refractivity contribution >= 4 is 5.78 Å². The zero-order valence-electron chi connectivity index (χ0n) is 9.64. The van der Waals surface area contributed by atoms with Gasteiger partial charge in [-0.15, -0.1) is 0 Å². The summed E-state index contributed by atoms with van der Waals surface area (Å²) in [5, 5.41) is 2.82. The van der Waals surface area contributed by atoms with E-state index >= 15 is 0 Å². The molecule has 0 fully saturated rings. The Morgan fingerprint density at radius 1 is 1.41 bits per heavy atom. The Morgan fingerprint density at radius 2 is 2.06 bits per heavy atom. The van der Waals surface area contributed by atoms with Gasteiger partial charge in [0.25, 0.3) is 0 Å². The summed E-state index contributed by atoms with van der Waals surface area (Å²) >= 11 is 0. The highest BCUT2D eigenvalue weighted by Gasteiger charge is 2.31. The molecule has 0 saturated heterocycles. The topological polar surface area (TPSA) is 29.1 Å². The minimum Gasteiger partial charge on any atom is -0.319 e. The molecule has 0 bridgehead atoms. The van der Waals surface area contributed by atoms with Gasteiger partial charge in [-0.2, -0.15) is 13.2 Å². The molecule has 0 radical (unpaired) electrons. The highest BCUT2D eigenvalue weighted by molar-refractivity contribution is 5.97. The molecule has 0 aliphatic carbocycles. The lowest BCUT2D eigenvalue weighted by Crippen LogP contribution is -2.24. The molecule has 1 aromatic carbocycles. The van der Waals surface area contributed by atoms with Crippen molar-refractivity contribution in [3.63, 3.8) is 0 Å². The van der Waals surface area contributed by atoms with E-state index in [1.54, 1.807) is 14.0 Å². The first-order valence-corrected chi connectivity index (χ1v) is 5.22. The predicted octanol–water partition coefficient (Wildman–Crippen LogP) is 2.74. The summed E-state index contributed by atoms with van der Waals surface area (Å²) in [6, 6.07) is 4.51. The van der Waals surface area contributed by atoms with E-state index in [2.05, 4.69) is 5.32 Å². The van der Waals surface area contributed by atoms with Gasteiger partial charge in [0.05, 0.1) is 5.56 Å². The maximum Gasteiger partial charge on any atom is 0.416 e. The van der Waals surface area contributed by atoms with Crippen molar-refractivity contribution in [3.8, 4) is 0 Å². The molecule has 2 nitrogen and oxygen atoms in total. The monoisotopic (exact) mass is 245 g/mol. The van der Waals surface area contributed by atoms with Crippen LogP contribution < -0.4 is 5.32 Å². The molecule has 0 aliphatic rings. The molecule has 17 heavy (non-hydrogen) atoms. The molecular weight excluding hydrogens is 231 g/mol. The van der Waals surface area contributed by atoms with Gasteiger partial charge in [-0.05, 0) is 19.2 Å². The first-order valence-electron chi connectivity index (χ1n) is 5.22. The number of Topliss-reactive ketones (excluding diaryl/α,β-unsaturated/α-hetero) is 1. The second-order valence-electron chi connectivity index (χ2n) is 3.90. The third kappa shape index (κ3) is 3.56. The Morgan fingerprint density at radius 3 is 2.59 bits per heavy atom. The minimum atomic E-state index is -4.41. The highest BCUT2D eigenvalue weighted by atomic mass is 19.4. The normalized spacial score (nSPS) is 13.5. The van der Waals surface area contributed by atoms with E-state index in [-0.39, 0.29) is 17.3 Å². The summed E-state index contributed by atoms with van der Waals surface area (Å²) in [4.78, 5) is 11.8. The fraction of sp³-hybridized carbons (Fsp3) is 0.417. The van der Waals surface area contributed by atoms with Crippen LogP contribution in [0.15, 0.2) is 24.3 Å². The van der Waals surface area contributed by atoms with Crippen LogP contribution in [0.3, 0.4) is 0 Å². The molecule has 0 heterocycles. The van der Waals surface area contributed by atoms with E-state index in [1.807, 2.05) is 0 Å². The molecule has 0 amide bonds. The average molecular weight is 245 g/mol. The number of halogens is 3. The lowest BCUT2D eigenvalue weighted by atomic mass is 9.98. The van der Waals surface area contributed by atoms with Crippen LogP contribution in [0.1, 0.15) is 22.8 Å². The van der Waals surface area contributed by atoms with Crippen LogP contribution in [0.25, 0.3) is 0 Å². The number of rotatable bonds is 4. The summed E-state index contributed by atoms with van der Waals surface area (Å²) < 4.78 is 37.4. The number of carbonyl (C=O) groups is 1. The van der Waals surface area contributed by atoms with Crippen molar-refractivity contribution in [2.75, 3.05) is 13.6 Å². The van der Waals surface area contributed by atoms with E-state index in [9.17, 15) is 18.0 Å². The molecule has 1 rings (SSSR count). The van der Waals surface area contributed by atoms with Gasteiger partial charge in [0.15, 0.2) is 5.78 Å². The quantitative estimate of drug-likeness (QED) is 0.826. The van der Waals surface area contributed by atoms with Crippen LogP contribution in [0, 0.1) is 5.92 Å². The molecule has 1 N–H and O–H groups in total. The van der Waals surface area contributed by atoms with Crippen molar-refractivity contribution in [3.05, 3.63) is 35.4 Å². The highest BCUT2D eigenvalue weighted by Crippen LogP contribution is 2.29. The number of alkyl halides is 3. The summed E-state index contributed by atoms with van der Waals surface area (Å²) in [5.74, 6) is -0.631. The zero-order chi connectivity index (χ0) is 13.1. The van der Waals surface area contributed by atoms with Gasteiger partial charge >= 0.3 is 6.18 Å². The number of benzene rings is 1. The molecule has 5 heteroatoms. The number of nitrogens with one attached hydrogen (secondary N) is 1. The number of hydrogen-bond acceptors (Lipinski definition) is 2. The molecular formula is C12H14F3NO. The van der Waals surface area contributed by atoms with Gasteiger partial charge in [-0.25, -0.2) is 0 Å². The summed E-state index contributed by atoms with van der Waals surface area (Å²) in [5.41, 5.74) is -0.692. The fourth-order valence-corrected chi connectivity index (χ4v) is 1.53. The SMILES string of the molecule is CNCC(C)C(=O)c1cccc(C(F)(F)F)c1. The molecule has 0 saturated carbocycles. The summed E-state index contributed by atoms with van der Waals surface area (Å²) in [6.07, 6.45) is -4.41. The second-order valence-corrected chi connectivity index (χ2v) is 3.90. The van der Waals surface area contributed by atoms with Gasteiger partial charge in [0, 0.05) is 18.0 Å². The fourth-order valence-electron chi connectivity index (χ4n) is 1.53. The summed E-state index contributed by atoms with van der Waals surface area (Å²) in [7, 11) is 1.69. The number of carbonyl (C=O) groups excluding carboxylic acids is 1. The largest absolute Gasteiger partial charge is 0.416 e. The Balaban J connectivity index is 2.96. The molecule has 0 aromatic heterocycles. The maximum absolute atomic E-state index is 12.5. The predicted molar refractivity (Wildman–Crippen MR) is 58.9 cm³/mol. The number of ketones is 1. The standard InChI is InChI=1S/C12H14F3NO/c1-8(7-16-2)11(17)9-4-3-5-10(6-9)12(13,14)15/h3-6,8,16H,7H2,1-2H3. The lowest BCUT2D eigenvalue weighted by molar-refractivity contribution is -0.137. The van der Waals surface area contributed by atoms with E-state index in [1.165, 1.54) is 12.1 Å². The van der Waals surface area contributed by atoms with Crippen LogP contribution in [0.4, 0.5) is 13.2 Å². The lowest BCUT2D eigenvalue weighted by Gasteiger charge is -2.12. The molecule has 0 aliphatic heterocycles. The van der Waals surface area contributed by atoms with Crippen LogP contribution in [-0.2, 0) is 6.18 Å². The van der Waals surface area contributed by atoms with Crippen LogP contribution in [0.5, 0.6) is 0 Å². The van der Waals surface area contributed by atoms with Crippen molar-refractivity contribution in [1.82, 2.24) is 5.32 Å². The average Bonchev–Trinajstić information content (AvgIpc) is 2.27. The second kappa shape index (κ2) is 5.31. The zero-order valence-corrected chi connectivity index (χ0v) is 9.64. The van der Waals surface area contributed by atoms with Gasteiger partial charge < -0.3 is 5.32 Å².